The van der Waals surface area contributed by atoms with Crippen LogP contribution in [0.4, 0.5) is 24.5 Å². The number of anilines is 2. The highest BCUT2D eigenvalue weighted by atomic mass is 32.2. The van der Waals surface area contributed by atoms with Gasteiger partial charge in [-0.15, -0.1) is 11.3 Å². The van der Waals surface area contributed by atoms with E-state index in [2.05, 4.69) is 5.32 Å². The number of hydrogen-bond donors (Lipinski definition) is 1. The van der Waals surface area contributed by atoms with Gasteiger partial charge in [0.1, 0.15) is 15.6 Å². The molecule has 0 radical (unpaired) electrons. The minimum absolute atomic E-state index is 0.0126. The third kappa shape index (κ3) is 4.50. The summed E-state index contributed by atoms with van der Waals surface area (Å²) < 4.78 is 67.3. The van der Waals surface area contributed by atoms with Gasteiger partial charge in [0.05, 0.1) is 0 Å². The Bertz CT molecular complexity index is 1240. The van der Waals surface area contributed by atoms with Gasteiger partial charge in [-0.05, 0) is 47.8 Å². The number of carbonyl (C=O) groups is 1. The molecule has 0 aliphatic carbocycles. The van der Waals surface area contributed by atoms with Crippen molar-refractivity contribution in [3.05, 3.63) is 76.2 Å². The first-order valence-corrected chi connectivity index (χ1v) is 11.9. The summed E-state index contributed by atoms with van der Waals surface area (Å²) in [6.45, 7) is 1.20. The largest absolute Gasteiger partial charge is 0.369 e. The number of sulfonamides is 1. The van der Waals surface area contributed by atoms with Crippen molar-refractivity contribution in [3.8, 4) is 0 Å². The average molecular weight is 482 g/mol. The lowest BCUT2D eigenvalue weighted by molar-refractivity contribution is 0.102. The van der Waals surface area contributed by atoms with E-state index in [0.29, 0.717) is 13.1 Å². The molecule has 4 rings (SSSR count). The summed E-state index contributed by atoms with van der Waals surface area (Å²) in [4.78, 5) is 14.4. The molecule has 1 aromatic heterocycles. The van der Waals surface area contributed by atoms with Gasteiger partial charge in [0.15, 0.2) is 11.6 Å². The molecule has 1 aliphatic rings. The molecule has 0 atom stereocenters. The zero-order chi connectivity index (χ0) is 22.9. The fourth-order valence-electron chi connectivity index (χ4n) is 3.41. The topological polar surface area (TPSA) is 69.7 Å². The maximum Gasteiger partial charge on any atom is 0.267 e. The molecular formula is C21H18F3N3O3S2. The fraction of sp³-hybridized carbons (Fsp3) is 0.190. The second kappa shape index (κ2) is 8.93. The van der Waals surface area contributed by atoms with E-state index in [4.69, 9.17) is 0 Å². The third-order valence-electron chi connectivity index (χ3n) is 5.06. The van der Waals surface area contributed by atoms with Gasteiger partial charge in [-0.1, -0.05) is 0 Å². The first kappa shape index (κ1) is 22.3. The average Bonchev–Trinajstić information content (AvgIpc) is 3.28. The van der Waals surface area contributed by atoms with Crippen LogP contribution in [0.5, 0.6) is 0 Å². The molecule has 2 aromatic carbocycles. The van der Waals surface area contributed by atoms with Gasteiger partial charge in [0, 0.05) is 43.6 Å². The molecule has 6 nitrogen and oxygen atoms in total. The Morgan fingerprint density at radius 2 is 1.59 bits per heavy atom. The number of hydrogen-bond acceptors (Lipinski definition) is 5. The third-order valence-corrected chi connectivity index (χ3v) is 8.04. The highest BCUT2D eigenvalue weighted by Gasteiger charge is 2.32. The normalized spacial score (nSPS) is 15.0. The van der Waals surface area contributed by atoms with Crippen LogP contribution in [0.15, 0.2) is 58.8 Å². The Kier molecular flexibility index (Phi) is 6.22. The highest BCUT2D eigenvalue weighted by Crippen LogP contribution is 2.28. The van der Waals surface area contributed by atoms with Crippen molar-refractivity contribution in [1.82, 2.24) is 4.31 Å². The van der Waals surface area contributed by atoms with E-state index in [9.17, 15) is 26.4 Å². The maximum absolute atomic E-state index is 13.4. The molecule has 3 aromatic rings. The number of benzene rings is 2. The molecule has 168 valence electrons. The van der Waals surface area contributed by atoms with E-state index in [1.54, 1.807) is 12.1 Å². The number of amides is 1. The monoisotopic (exact) mass is 481 g/mol. The molecule has 2 heterocycles. The second-order valence-corrected chi connectivity index (χ2v) is 9.89. The number of nitrogens with one attached hydrogen (secondary N) is 1. The summed E-state index contributed by atoms with van der Waals surface area (Å²) in [6.07, 6.45) is 0. The summed E-state index contributed by atoms with van der Waals surface area (Å²) in [7, 11) is -3.95. The van der Waals surface area contributed by atoms with Gasteiger partial charge < -0.3 is 10.2 Å². The smallest absolute Gasteiger partial charge is 0.267 e. The Balaban J connectivity index is 1.48. The Morgan fingerprint density at radius 1 is 0.906 bits per heavy atom. The fourth-order valence-corrected chi connectivity index (χ4v) is 6.12. The molecule has 1 amide bonds. The van der Waals surface area contributed by atoms with Crippen LogP contribution in [0.25, 0.3) is 0 Å². The van der Waals surface area contributed by atoms with Crippen LogP contribution in [-0.2, 0) is 10.0 Å². The molecule has 0 unspecified atom stereocenters. The summed E-state index contributed by atoms with van der Waals surface area (Å²) >= 11 is 0.942. The number of nitrogens with zero attached hydrogens (tertiary/aromatic N) is 2. The van der Waals surface area contributed by atoms with Gasteiger partial charge in [0.25, 0.3) is 5.91 Å². The van der Waals surface area contributed by atoms with Crippen molar-refractivity contribution in [3.63, 3.8) is 0 Å². The lowest BCUT2D eigenvalue weighted by atomic mass is 10.2. The van der Waals surface area contributed by atoms with Crippen molar-refractivity contribution in [2.75, 3.05) is 36.4 Å². The first-order valence-electron chi connectivity index (χ1n) is 9.60. The zero-order valence-corrected chi connectivity index (χ0v) is 18.2. The van der Waals surface area contributed by atoms with Gasteiger partial charge in [-0.3, -0.25) is 4.79 Å². The minimum atomic E-state index is -3.95. The van der Waals surface area contributed by atoms with Crippen LogP contribution in [-0.4, -0.2) is 44.8 Å². The molecule has 0 spiro atoms. The van der Waals surface area contributed by atoms with Gasteiger partial charge in [0.2, 0.25) is 10.0 Å². The molecule has 1 aliphatic heterocycles. The molecule has 32 heavy (non-hydrogen) atoms. The van der Waals surface area contributed by atoms with E-state index < -0.39 is 27.6 Å². The number of carbonyl (C=O) groups excluding carboxylic acids is 1. The maximum atomic E-state index is 13.4. The Morgan fingerprint density at radius 3 is 2.25 bits per heavy atom. The van der Waals surface area contributed by atoms with Crippen molar-refractivity contribution in [2.45, 2.75) is 4.90 Å². The van der Waals surface area contributed by atoms with E-state index in [0.717, 1.165) is 29.2 Å². The van der Waals surface area contributed by atoms with Gasteiger partial charge in [-0.25, -0.2) is 21.6 Å². The Hall–Kier alpha value is -2.89. The summed E-state index contributed by atoms with van der Waals surface area (Å²) in [5.41, 5.74) is 0.809. The van der Waals surface area contributed by atoms with Gasteiger partial charge in [-0.2, -0.15) is 4.31 Å². The van der Waals surface area contributed by atoms with Crippen LogP contribution in [0, 0.1) is 17.5 Å². The number of halogens is 3. The van der Waals surface area contributed by atoms with E-state index in [1.165, 1.54) is 34.0 Å². The molecule has 0 bridgehead atoms. The van der Waals surface area contributed by atoms with Crippen molar-refractivity contribution >= 4 is 38.6 Å². The van der Waals surface area contributed by atoms with Crippen LogP contribution < -0.4 is 10.2 Å². The molecule has 0 saturated carbocycles. The molecule has 1 fully saturated rings. The van der Waals surface area contributed by atoms with Crippen LogP contribution in [0.1, 0.15) is 9.67 Å². The predicted molar refractivity (Wildman–Crippen MR) is 116 cm³/mol. The summed E-state index contributed by atoms with van der Waals surface area (Å²) in [5, 5.41) is 3.89. The Labute approximate surface area is 186 Å². The van der Waals surface area contributed by atoms with Crippen molar-refractivity contribution in [2.24, 2.45) is 0 Å². The molecular weight excluding hydrogens is 463 g/mol. The van der Waals surface area contributed by atoms with Crippen molar-refractivity contribution < 1.29 is 26.4 Å². The molecule has 1 saturated heterocycles. The minimum Gasteiger partial charge on any atom is -0.369 e. The van der Waals surface area contributed by atoms with E-state index in [-0.39, 0.29) is 34.4 Å². The number of thiophene rings is 1. The zero-order valence-electron chi connectivity index (χ0n) is 16.6. The number of rotatable bonds is 5. The molecule has 11 heteroatoms. The lowest BCUT2D eigenvalue weighted by Gasteiger charge is -2.35. The first-order chi connectivity index (χ1) is 15.3. The van der Waals surface area contributed by atoms with Crippen molar-refractivity contribution in [1.29, 1.82) is 0 Å². The van der Waals surface area contributed by atoms with Crippen LogP contribution in [0.2, 0.25) is 0 Å². The SMILES string of the molecule is O=C(Nc1ccc(F)c(F)c1)c1sccc1S(=O)(=O)N1CCN(c2ccc(F)cc2)CC1. The van der Waals surface area contributed by atoms with E-state index in [1.807, 2.05) is 4.90 Å². The summed E-state index contributed by atoms with van der Waals surface area (Å²) in [6, 6.07) is 10.2. The summed E-state index contributed by atoms with van der Waals surface area (Å²) in [5.74, 6) is -3.25. The van der Waals surface area contributed by atoms with Crippen LogP contribution >= 0.6 is 11.3 Å². The second-order valence-electron chi connectivity index (χ2n) is 7.06. The van der Waals surface area contributed by atoms with E-state index >= 15 is 0 Å². The molecule has 1 N–H and O–H groups in total. The van der Waals surface area contributed by atoms with Crippen LogP contribution in [0.3, 0.4) is 0 Å². The van der Waals surface area contributed by atoms with Gasteiger partial charge >= 0.3 is 0 Å². The quantitative estimate of drug-likeness (QED) is 0.600. The number of piperazine rings is 1. The predicted octanol–water partition coefficient (Wildman–Crippen LogP) is 3.93. The highest BCUT2D eigenvalue weighted by molar-refractivity contribution is 7.89. The standard InChI is InChI=1S/C21H18F3N3O3S2/c22-14-1-4-16(5-2-14)26-8-10-27(11-9-26)32(29,30)19-7-12-31-20(19)21(28)25-15-3-6-17(23)18(24)13-15/h1-7,12-13H,8-11H2,(H,25,28). The lowest BCUT2D eigenvalue weighted by Crippen LogP contribution is -2.48.